The summed E-state index contributed by atoms with van der Waals surface area (Å²) in [7, 11) is -2.62. The van der Waals surface area contributed by atoms with Crippen molar-refractivity contribution in [3.05, 3.63) is 100 Å². The number of halogens is 2. The molecule has 3 aromatic carbocycles. The van der Waals surface area contributed by atoms with E-state index in [1.54, 1.807) is 73.8 Å². The summed E-state index contributed by atoms with van der Waals surface area (Å²) in [4.78, 5) is 32.8. The van der Waals surface area contributed by atoms with Gasteiger partial charge in [0.1, 0.15) is 16.7 Å². The molecule has 2 heterocycles. The van der Waals surface area contributed by atoms with E-state index in [1.165, 1.54) is 17.2 Å². The van der Waals surface area contributed by atoms with Gasteiger partial charge in [-0.3, -0.25) is 14.6 Å². The highest BCUT2D eigenvalue weighted by molar-refractivity contribution is 7.89. The number of methoxy groups -OCH3 is 1. The molecule has 42 heavy (non-hydrogen) atoms. The number of hydrogen-bond acceptors (Lipinski definition) is 6. The number of rotatable bonds is 8. The molecule has 1 fully saturated rings. The summed E-state index contributed by atoms with van der Waals surface area (Å²) in [5, 5.41) is 4.28. The lowest BCUT2D eigenvalue weighted by atomic mass is 10.1. The van der Waals surface area contributed by atoms with Crippen molar-refractivity contribution < 1.29 is 22.7 Å². The highest BCUT2D eigenvalue weighted by atomic mass is 35.5. The van der Waals surface area contributed by atoms with Gasteiger partial charge in [-0.1, -0.05) is 59.6 Å². The zero-order valence-corrected chi connectivity index (χ0v) is 25.0. The maximum absolute atomic E-state index is 14.1. The van der Waals surface area contributed by atoms with Crippen molar-refractivity contribution in [3.8, 4) is 5.75 Å². The van der Waals surface area contributed by atoms with Crippen molar-refractivity contribution >= 4 is 55.9 Å². The zero-order valence-electron chi connectivity index (χ0n) is 22.7. The van der Waals surface area contributed by atoms with E-state index in [0.717, 1.165) is 9.87 Å². The first-order chi connectivity index (χ1) is 20.2. The average molecular weight is 628 g/mol. The van der Waals surface area contributed by atoms with E-state index in [4.69, 9.17) is 27.9 Å². The van der Waals surface area contributed by atoms with Gasteiger partial charge in [0, 0.05) is 47.8 Å². The van der Waals surface area contributed by atoms with E-state index in [0.29, 0.717) is 32.3 Å². The number of benzene rings is 3. The first-order valence-corrected chi connectivity index (χ1v) is 15.3. The van der Waals surface area contributed by atoms with E-state index in [1.807, 2.05) is 0 Å². The van der Waals surface area contributed by atoms with Crippen molar-refractivity contribution in [1.82, 2.24) is 19.5 Å². The van der Waals surface area contributed by atoms with Crippen LogP contribution in [-0.4, -0.2) is 67.2 Å². The van der Waals surface area contributed by atoms with Crippen molar-refractivity contribution in [1.29, 1.82) is 0 Å². The second-order valence-electron chi connectivity index (χ2n) is 9.78. The van der Waals surface area contributed by atoms with Crippen LogP contribution in [0.1, 0.15) is 11.1 Å². The second kappa shape index (κ2) is 12.7. The van der Waals surface area contributed by atoms with Crippen LogP contribution in [0.5, 0.6) is 5.75 Å². The summed E-state index contributed by atoms with van der Waals surface area (Å²) in [5.41, 5.74) is 1.70. The molecule has 1 aliphatic heterocycles. The highest BCUT2D eigenvalue weighted by Gasteiger charge is 2.42. The van der Waals surface area contributed by atoms with Gasteiger partial charge in [-0.15, -0.1) is 0 Å². The number of fused-ring (bicyclic) bond motifs is 1. The Morgan fingerprint density at radius 1 is 1.02 bits per heavy atom. The van der Waals surface area contributed by atoms with Crippen LogP contribution < -0.4 is 10.1 Å². The Labute approximate surface area is 254 Å². The number of aromatic nitrogens is 1. The van der Waals surface area contributed by atoms with E-state index in [2.05, 4.69) is 10.3 Å². The number of nitrogens with zero attached hydrogens (tertiary/aromatic N) is 3. The van der Waals surface area contributed by atoms with E-state index in [9.17, 15) is 18.0 Å². The molecular weight excluding hydrogens is 599 g/mol. The van der Waals surface area contributed by atoms with Crippen LogP contribution in [-0.2, 0) is 32.6 Å². The first kappa shape index (κ1) is 29.8. The van der Waals surface area contributed by atoms with E-state index in [-0.39, 0.29) is 43.4 Å². The number of carbonyl (C=O) groups excluding carboxylic acids is 2. The smallest absolute Gasteiger partial charge is 0.246 e. The molecule has 2 amide bonds. The normalized spacial score (nSPS) is 15.9. The molecule has 4 aromatic rings. The van der Waals surface area contributed by atoms with Crippen molar-refractivity contribution in [3.63, 3.8) is 0 Å². The van der Waals surface area contributed by atoms with Crippen LogP contribution in [0, 0.1) is 0 Å². The number of pyridine rings is 1. The molecule has 1 N–H and O–H groups in total. The fourth-order valence-electron chi connectivity index (χ4n) is 4.90. The Morgan fingerprint density at radius 3 is 2.52 bits per heavy atom. The maximum atomic E-state index is 14.1. The van der Waals surface area contributed by atoms with Crippen molar-refractivity contribution in [2.75, 3.05) is 26.7 Å². The van der Waals surface area contributed by atoms with Gasteiger partial charge in [0.25, 0.3) is 0 Å². The predicted octanol–water partition coefficient (Wildman–Crippen LogP) is 4.31. The Morgan fingerprint density at radius 2 is 1.79 bits per heavy atom. The molecule has 5 rings (SSSR count). The minimum Gasteiger partial charge on any atom is -0.497 e. The Kier molecular flexibility index (Phi) is 8.98. The molecule has 1 saturated heterocycles. The molecule has 0 spiro atoms. The number of hydrogen-bond donors (Lipinski definition) is 1. The lowest BCUT2D eigenvalue weighted by Crippen LogP contribution is -2.61. The largest absolute Gasteiger partial charge is 0.497 e. The molecule has 1 unspecified atom stereocenters. The predicted molar refractivity (Wildman–Crippen MR) is 161 cm³/mol. The Balaban J connectivity index is 1.42. The average Bonchev–Trinajstić information content (AvgIpc) is 3.00. The number of sulfonamides is 1. The van der Waals surface area contributed by atoms with Crippen LogP contribution in [0.3, 0.4) is 0 Å². The van der Waals surface area contributed by atoms with Gasteiger partial charge in [-0.05, 0) is 47.5 Å². The van der Waals surface area contributed by atoms with Gasteiger partial charge in [0.05, 0.1) is 19.0 Å². The van der Waals surface area contributed by atoms with Gasteiger partial charge in [0.2, 0.25) is 21.8 Å². The summed E-state index contributed by atoms with van der Waals surface area (Å²) in [6, 6.07) is 19.2. The number of carbonyl (C=O) groups is 2. The molecule has 0 aliphatic carbocycles. The molecule has 1 aliphatic rings. The van der Waals surface area contributed by atoms with Crippen LogP contribution in [0.4, 0.5) is 0 Å². The summed E-state index contributed by atoms with van der Waals surface area (Å²) in [6.07, 6.45) is 1.62. The zero-order chi connectivity index (χ0) is 29.9. The number of amides is 2. The third kappa shape index (κ3) is 6.37. The minimum absolute atomic E-state index is 0.00263. The molecule has 12 heteroatoms. The summed E-state index contributed by atoms with van der Waals surface area (Å²) >= 11 is 12.3. The number of piperazine rings is 1. The first-order valence-electron chi connectivity index (χ1n) is 13.2. The van der Waals surface area contributed by atoms with Gasteiger partial charge in [-0.25, -0.2) is 8.42 Å². The van der Waals surface area contributed by atoms with E-state index < -0.39 is 22.0 Å². The number of nitrogens with one attached hydrogen (secondary N) is 1. The molecule has 1 aromatic heterocycles. The topological polar surface area (TPSA) is 109 Å². The fourth-order valence-corrected chi connectivity index (χ4v) is 7.11. The molecule has 0 saturated carbocycles. The van der Waals surface area contributed by atoms with Gasteiger partial charge >= 0.3 is 0 Å². The van der Waals surface area contributed by atoms with Gasteiger partial charge < -0.3 is 15.0 Å². The van der Waals surface area contributed by atoms with Gasteiger partial charge in [0.15, 0.2) is 0 Å². The van der Waals surface area contributed by atoms with Crippen molar-refractivity contribution in [2.24, 2.45) is 0 Å². The van der Waals surface area contributed by atoms with Crippen LogP contribution in [0.25, 0.3) is 10.9 Å². The maximum Gasteiger partial charge on any atom is 0.246 e. The SMILES string of the molecule is COc1ccc(CC(=O)N2CCN(S(=O)(=O)c3cccc4cccnc34)C(C(=O)NCc3ccc(Cl)cc3Cl)C2)cc1. The van der Waals surface area contributed by atoms with Gasteiger partial charge in [-0.2, -0.15) is 4.31 Å². The monoisotopic (exact) mass is 626 g/mol. The van der Waals surface area contributed by atoms with Crippen LogP contribution in [0.15, 0.2) is 83.9 Å². The minimum atomic E-state index is -4.18. The van der Waals surface area contributed by atoms with Crippen molar-refractivity contribution in [2.45, 2.75) is 23.9 Å². The molecular formula is C30H28Cl2N4O5S. The fraction of sp³-hybridized carbons (Fsp3) is 0.233. The summed E-state index contributed by atoms with van der Waals surface area (Å²) in [5.74, 6) is -0.104. The standard InChI is InChI=1S/C30H28Cl2N4O5S/c1-41-24-11-7-20(8-12-24)16-28(37)35-14-15-36(42(39,40)27-6-2-4-21-5-3-13-33-29(21)27)26(19-35)30(38)34-18-22-9-10-23(31)17-25(22)32/h2-13,17,26H,14-16,18-19H2,1H3,(H,34,38). The Bertz CT molecular complexity index is 1730. The lowest BCUT2D eigenvalue weighted by molar-refractivity contribution is -0.135. The highest BCUT2D eigenvalue weighted by Crippen LogP contribution is 2.28. The van der Waals surface area contributed by atoms with Crippen LogP contribution in [0.2, 0.25) is 10.0 Å². The van der Waals surface area contributed by atoms with E-state index >= 15 is 0 Å². The number of para-hydroxylation sites is 1. The second-order valence-corrected chi connectivity index (χ2v) is 12.5. The summed E-state index contributed by atoms with van der Waals surface area (Å²) < 4.78 is 34.5. The summed E-state index contributed by atoms with van der Waals surface area (Å²) in [6.45, 7) is -0.0136. The van der Waals surface area contributed by atoms with Crippen LogP contribution >= 0.6 is 23.2 Å². The molecule has 0 radical (unpaired) electrons. The molecule has 1 atom stereocenters. The third-order valence-electron chi connectivity index (χ3n) is 7.15. The molecule has 0 bridgehead atoms. The Hall–Kier alpha value is -3.70. The third-order valence-corrected chi connectivity index (χ3v) is 9.68. The lowest BCUT2D eigenvalue weighted by Gasteiger charge is -2.39. The molecule has 9 nitrogen and oxygen atoms in total. The molecule has 218 valence electrons. The quantitative estimate of drug-likeness (QED) is 0.312. The number of ether oxygens (including phenoxy) is 1.